The predicted molar refractivity (Wildman–Crippen MR) is 125 cm³/mol. The van der Waals surface area contributed by atoms with Crippen LogP contribution in [0.3, 0.4) is 0 Å². The molecule has 6 atom stereocenters. The molecular weight excluding hydrogens is 462 g/mol. The van der Waals surface area contributed by atoms with Crippen LogP contribution in [0.2, 0.25) is 0 Å². The van der Waals surface area contributed by atoms with E-state index in [1.807, 2.05) is 6.92 Å². The Kier molecular flexibility index (Phi) is 7.69. The van der Waals surface area contributed by atoms with Gasteiger partial charge in [0.05, 0.1) is 29.5 Å². The molecule has 34 heavy (non-hydrogen) atoms. The topological polar surface area (TPSA) is 125 Å². The molecule has 0 radical (unpaired) electrons. The highest BCUT2D eigenvalue weighted by atomic mass is 32.2. The van der Waals surface area contributed by atoms with E-state index in [4.69, 9.17) is 9.47 Å². The molecule has 2 saturated heterocycles. The molecule has 0 aromatic rings. The van der Waals surface area contributed by atoms with E-state index in [1.165, 1.54) is 16.7 Å². The fraction of sp³-hybridized carbons (Fsp3) is 0.739. The van der Waals surface area contributed by atoms with Gasteiger partial charge < -0.3 is 29.7 Å². The maximum atomic E-state index is 13.1. The average Bonchev–Trinajstić information content (AvgIpc) is 3.28. The summed E-state index contributed by atoms with van der Waals surface area (Å²) in [6, 6.07) is -0.649. The summed E-state index contributed by atoms with van der Waals surface area (Å²) in [4.78, 5) is 53.8. The molecule has 2 fully saturated rings. The van der Waals surface area contributed by atoms with Crippen molar-refractivity contribution in [3.05, 3.63) is 10.6 Å². The summed E-state index contributed by atoms with van der Waals surface area (Å²) in [5.74, 6) is -2.38. The number of hydrogen-bond donors (Lipinski definition) is 2. The van der Waals surface area contributed by atoms with Gasteiger partial charge in [0.1, 0.15) is 5.70 Å². The monoisotopic (exact) mass is 497 g/mol. The zero-order valence-electron chi connectivity index (χ0n) is 20.8. The van der Waals surface area contributed by atoms with E-state index in [1.54, 1.807) is 46.7 Å². The highest BCUT2D eigenvalue weighted by Gasteiger charge is 2.60. The largest absolute Gasteiger partial charge is 0.427 e. The zero-order chi connectivity index (χ0) is 25.5. The number of aliphatic hydroxyl groups excluding tert-OH is 1. The van der Waals surface area contributed by atoms with E-state index in [2.05, 4.69) is 5.32 Å². The number of aliphatic hydroxyl groups is 1. The zero-order valence-corrected chi connectivity index (χ0v) is 21.6. The Morgan fingerprint density at radius 1 is 1.26 bits per heavy atom. The molecular formula is C23H35N3O7S. The van der Waals surface area contributed by atoms with Gasteiger partial charge in [0.25, 0.3) is 0 Å². The third-order valence-corrected chi connectivity index (χ3v) is 7.93. The normalized spacial score (nSPS) is 29.5. The van der Waals surface area contributed by atoms with E-state index in [0.717, 1.165) is 0 Å². The summed E-state index contributed by atoms with van der Waals surface area (Å²) < 4.78 is 10.3. The summed E-state index contributed by atoms with van der Waals surface area (Å²) in [5, 5.41) is 13.4. The Morgan fingerprint density at radius 2 is 1.91 bits per heavy atom. The Labute approximate surface area is 204 Å². The molecule has 10 nitrogen and oxygen atoms in total. The summed E-state index contributed by atoms with van der Waals surface area (Å²) in [6.45, 7) is 8.59. The number of nitrogens with one attached hydrogen (secondary N) is 1. The molecule has 0 unspecified atom stereocenters. The molecule has 0 aliphatic carbocycles. The minimum Gasteiger partial charge on any atom is -0.427 e. The van der Waals surface area contributed by atoms with Crippen molar-refractivity contribution in [2.75, 3.05) is 27.4 Å². The minimum absolute atomic E-state index is 0.00925. The molecule has 0 aromatic heterocycles. The maximum absolute atomic E-state index is 13.1. The van der Waals surface area contributed by atoms with Gasteiger partial charge in [0.2, 0.25) is 18.6 Å². The molecule has 3 aliphatic rings. The van der Waals surface area contributed by atoms with Gasteiger partial charge in [-0.3, -0.25) is 14.4 Å². The number of carbonyl (C=O) groups excluding carboxylic acids is 4. The molecule has 3 rings (SSSR count). The van der Waals surface area contributed by atoms with Gasteiger partial charge in [-0.25, -0.2) is 4.79 Å². The molecule has 0 spiro atoms. The van der Waals surface area contributed by atoms with Gasteiger partial charge >= 0.3 is 11.9 Å². The number of esters is 2. The van der Waals surface area contributed by atoms with E-state index in [0.29, 0.717) is 17.9 Å². The van der Waals surface area contributed by atoms with Gasteiger partial charge in [0, 0.05) is 36.7 Å². The van der Waals surface area contributed by atoms with Gasteiger partial charge in [-0.15, -0.1) is 11.8 Å². The number of fused-ring (bicyclic) bond motifs is 1. The predicted octanol–water partition coefficient (Wildman–Crippen LogP) is 0.697. The van der Waals surface area contributed by atoms with E-state index < -0.39 is 36.2 Å². The second-order valence-corrected chi connectivity index (χ2v) is 11.7. The van der Waals surface area contributed by atoms with Crippen LogP contribution in [0.1, 0.15) is 41.0 Å². The first-order valence-electron chi connectivity index (χ1n) is 11.5. The van der Waals surface area contributed by atoms with E-state index >= 15 is 0 Å². The number of β-lactam (4-membered cyclic amide) rings is 1. The smallest absolute Gasteiger partial charge is 0.358 e. The molecule has 3 aliphatic heterocycles. The Balaban J connectivity index is 1.78. The van der Waals surface area contributed by atoms with Crippen LogP contribution in [0.4, 0.5) is 0 Å². The standard InChI is InChI=1S/C23H35N3O7S/c1-11-16-15(12(2)27)20(29)26(16)17(21(30)32-10-33-22(31)23(3,4)5)18(11)34-13-8-14(24-9-13)19(28)25(6)7/h11-16,24,27H,8-10H2,1-7H3/t11-,12-,13+,14+,15-,16-/m1/s1. The van der Waals surface area contributed by atoms with Crippen molar-refractivity contribution < 1.29 is 33.8 Å². The molecule has 0 aromatic carbocycles. The Hall–Kier alpha value is -2.11. The lowest BCUT2D eigenvalue weighted by Crippen LogP contribution is -2.63. The van der Waals surface area contributed by atoms with Crippen LogP contribution in [-0.4, -0.2) is 89.5 Å². The maximum Gasteiger partial charge on any atom is 0.358 e. The number of hydrogen-bond acceptors (Lipinski definition) is 9. The van der Waals surface area contributed by atoms with Crippen LogP contribution in [0.25, 0.3) is 0 Å². The summed E-state index contributed by atoms with van der Waals surface area (Å²) >= 11 is 1.46. The fourth-order valence-corrected chi connectivity index (χ4v) is 6.04. The Morgan fingerprint density at radius 3 is 2.47 bits per heavy atom. The lowest BCUT2D eigenvalue weighted by molar-refractivity contribution is -0.175. The third-order valence-electron chi connectivity index (χ3n) is 6.42. The van der Waals surface area contributed by atoms with Crippen LogP contribution in [0, 0.1) is 17.3 Å². The highest BCUT2D eigenvalue weighted by molar-refractivity contribution is 8.03. The fourth-order valence-electron chi connectivity index (χ4n) is 4.56. The third kappa shape index (κ3) is 4.96. The number of ether oxygens (including phenoxy) is 2. The molecule has 190 valence electrons. The number of carbonyl (C=O) groups is 4. The molecule has 2 N–H and O–H groups in total. The summed E-state index contributed by atoms with van der Waals surface area (Å²) in [6.07, 6.45) is -0.261. The van der Waals surface area contributed by atoms with Gasteiger partial charge in [-0.05, 0) is 34.1 Å². The van der Waals surface area contributed by atoms with Crippen LogP contribution in [0.5, 0.6) is 0 Å². The van der Waals surface area contributed by atoms with Crippen LogP contribution >= 0.6 is 11.8 Å². The van der Waals surface area contributed by atoms with Crippen LogP contribution in [-0.2, 0) is 28.7 Å². The minimum atomic E-state index is -0.846. The lowest BCUT2D eigenvalue weighted by atomic mass is 9.79. The van der Waals surface area contributed by atoms with E-state index in [9.17, 15) is 24.3 Å². The van der Waals surface area contributed by atoms with Crippen LogP contribution < -0.4 is 5.32 Å². The van der Waals surface area contributed by atoms with Crippen molar-refractivity contribution in [3.8, 4) is 0 Å². The molecule has 0 saturated carbocycles. The number of amides is 2. The van der Waals surface area contributed by atoms with Crippen molar-refractivity contribution >= 4 is 35.5 Å². The second kappa shape index (κ2) is 9.87. The lowest BCUT2D eigenvalue weighted by Gasteiger charge is -2.46. The number of rotatable bonds is 7. The van der Waals surface area contributed by atoms with E-state index in [-0.39, 0.29) is 40.8 Å². The number of likely N-dealkylation sites (N-methyl/N-ethyl adjacent to an activating group) is 1. The Bertz CT molecular complexity index is 895. The SMILES string of the molecule is C[C@@H](O)[C@H]1C(=O)N2C(C(=O)OCOC(=O)C(C)(C)C)=C(S[C@@H]3CN[C@H](C(=O)N(C)C)C3)[C@H](C)[C@H]12. The van der Waals surface area contributed by atoms with Gasteiger partial charge in [0.15, 0.2) is 0 Å². The van der Waals surface area contributed by atoms with Crippen LogP contribution in [0.15, 0.2) is 10.6 Å². The highest BCUT2D eigenvalue weighted by Crippen LogP contribution is 2.52. The van der Waals surface area contributed by atoms with Crippen molar-refractivity contribution in [1.82, 2.24) is 15.1 Å². The summed E-state index contributed by atoms with van der Waals surface area (Å²) in [7, 11) is 3.42. The number of nitrogens with zero attached hydrogens (tertiary/aromatic N) is 2. The molecule has 2 amide bonds. The second-order valence-electron chi connectivity index (χ2n) is 10.4. The quantitative estimate of drug-likeness (QED) is 0.297. The molecule has 11 heteroatoms. The first-order chi connectivity index (χ1) is 15.8. The number of thioether (sulfide) groups is 1. The molecule has 3 heterocycles. The van der Waals surface area contributed by atoms with Crippen molar-refractivity contribution in [2.45, 2.75) is 64.5 Å². The van der Waals surface area contributed by atoms with Gasteiger partial charge in [-0.1, -0.05) is 6.92 Å². The average molecular weight is 498 g/mol. The van der Waals surface area contributed by atoms with Crippen molar-refractivity contribution in [1.29, 1.82) is 0 Å². The summed E-state index contributed by atoms with van der Waals surface area (Å²) in [5.41, 5.74) is -0.605. The first-order valence-corrected chi connectivity index (χ1v) is 12.3. The van der Waals surface area contributed by atoms with Gasteiger partial charge in [-0.2, -0.15) is 0 Å². The first kappa shape index (κ1) is 26.5. The van der Waals surface area contributed by atoms with Crippen molar-refractivity contribution in [3.63, 3.8) is 0 Å². The van der Waals surface area contributed by atoms with Crippen molar-refractivity contribution in [2.24, 2.45) is 17.3 Å². The molecule has 0 bridgehead atoms.